The lowest BCUT2D eigenvalue weighted by molar-refractivity contribution is 0.324. The van der Waals surface area contributed by atoms with Crippen LogP contribution in [0.5, 0.6) is 11.5 Å². The standard InChI is InChI=1S/C13H18BrNO2/c1-4-5-6-17-13-11(14)7-10(9-15-2)8-12(13)16-3/h4-5,7-8,15H,6,9H2,1-3H3/b5-4+. The Bertz CT molecular complexity index is 391. The number of nitrogens with one attached hydrogen (secondary N) is 1. The molecule has 0 aliphatic carbocycles. The van der Waals surface area contributed by atoms with Crippen LogP contribution in [0.1, 0.15) is 12.5 Å². The van der Waals surface area contributed by atoms with Crippen molar-refractivity contribution in [3.05, 3.63) is 34.3 Å². The van der Waals surface area contributed by atoms with Crippen molar-refractivity contribution >= 4 is 15.9 Å². The first-order chi connectivity index (χ1) is 8.22. The Morgan fingerprint density at radius 3 is 2.76 bits per heavy atom. The second-order valence-electron chi connectivity index (χ2n) is 3.52. The number of halogens is 1. The Labute approximate surface area is 111 Å². The van der Waals surface area contributed by atoms with Gasteiger partial charge in [0.2, 0.25) is 0 Å². The Balaban J connectivity index is 2.94. The number of methoxy groups -OCH3 is 1. The molecule has 0 unspecified atom stereocenters. The van der Waals surface area contributed by atoms with Gasteiger partial charge in [0.15, 0.2) is 11.5 Å². The monoisotopic (exact) mass is 299 g/mol. The zero-order chi connectivity index (χ0) is 12.7. The molecule has 0 spiro atoms. The predicted molar refractivity (Wildman–Crippen MR) is 73.8 cm³/mol. The van der Waals surface area contributed by atoms with Crippen molar-refractivity contribution in [3.8, 4) is 11.5 Å². The van der Waals surface area contributed by atoms with Crippen LogP contribution in [-0.2, 0) is 6.54 Å². The fourth-order valence-corrected chi connectivity index (χ4v) is 2.05. The number of rotatable bonds is 6. The second kappa shape index (κ2) is 7.35. The van der Waals surface area contributed by atoms with Crippen LogP contribution in [0.4, 0.5) is 0 Å². The van der Waals surface area contributed by atoms with Gasteiger partial charge in [-0.25, -0.2) is 0 Å². The number of hydrogen-bond donors (Lipinski definition) is 1. The summed E-state index contributed by atoms with van der Waals surface area (Å²) in [6.07, 6.45) is 3.91. The molecule has 0 aromatic heterocycles. The maximum atomic E-state index is 5.65. The molecule has 0 atom stereocenters. The van der Waals surface area contributed by atoms with Gasteiger partial charge in [0.05, 0.1) is 11.6 Å². The van der Waals surface area contributed by atoms with Gasteiger partial charge < -0.3 is 14.8 Å². The van der Waals surface area contributed by atoms with E-state index in [0.29, 0.717) is 6.61 Å². The smallest absolute Gasteiger partial charge is 0.175 e. The van der Waals surface area contributed by atoms with E-state index in [2.05, 4.69) is 21.2 Å². The largest absolute Gasteiger partial charge is 0.493 e. The summed E-state index contributed by atoms with van der Waals surface area (Å²) in [6.45, 7) is 3.30. The van der Waals surface area contributed by atoms with E-state index in [1.807, 2.05) is 38.3 Å². The molecule has 0 aliphatic rings. The lowest BCUT2D eigenvalue weighted by Gasteiger charge is -2.13. The quantitative estimate of drug-likeness (QED) is 0.819. The topological polar surface area (TPSA) is 30.5 Å². The molecule has 1 rings (SSSR count). The van der Waals surface area contributed by atoms with E-state index < -0.39 is 0 Å². The number of allylic oxidation sites excluding steroid dienone is 1. The molecule has 0 heterocycles. The lowest BCUT2D eigenvalue weighted by Crippen LogP contribution is -2.06. The summed E-state index contributed by atoms with van der Waals surface area (Å²) in [5.41, 5.74) is 1.15. The van der Waals surface area contributed by atoms with Crippen LogP contribution >= 0.6 is 15.9 Å². The molecule has 0 amide bonds. The SMILES string of the molecule is C/C=C/COc1c(Br)cc(CNC)cc1OC. The van der Waals surface area contributed by atoms with E-state index in [9.17, 15) is 0 Å². The Hall–Kier alpha value is -1.00. The predicted octanol–water partition coefficient (Wildman–Crippen LogP) is 3.13. The van der Waals surface area contributed by atoms with E-state index in [-0.39, 0.29) is 0 Å². The summed E-state index contributed by atoms with van der Waals surface area (Å²) < 4.78 is 11.9. The summed E-state index contributed by atoms with van der Waals surface area (Å²) in [5.74, 6) is 1.49. The zero-order valence-corrected chi connectivity index (χ0v) is 12.0. The van der Waals surface area contributed by atoms with Crippen LogP contribution in [0.2, 0.25) is 0 Å². The molecular formula is C13H18BrNO2. The van der Waals surface area contributed by atoms with E-state index in [0.717, 1.165) is 28.1 Å². The molecule has 17 heavy (non-hydrogen) atoms. The molecule has 1 aromatic rings. The molecular weight excluding hydrogens is 282 g/mol. The minimum Gasteiger partial charge on any atom is -0.493 e. The van der Waals surface area contributed by atoms with Crippen LogP contribution < -0.4 is 14.8 Å². The highest BCUT2D eigenvalue weighted by molar-refractivity contribution is 9.10. The van der Waals surface area contributed by atoms with Gasteiger partial charge in [0, 0.05) is 6.54 Å². The Morgan fingerprint density at radius 1 is 1.41 bits per heavy atom. The highest BCUT2D eigenvalue weighted by Crippen LogP contribution is 2.36. The van der Waals surface area contributed by atoms with Crippen LogP contribution in [0.25, 0.3) is 0 Å². The third-order valence-corrected chi connectivity index (χ3v) is 2.82. The highest BCUT2D eigenvalue weighted by atomic mass is 79.9. The molecule has 0 saturated carbocycles. The number of benzene rings is 1. The minimum atomic E-state index is 0.539. The van der Waals surface area contributed by atoms with Crippen molar-refractivity contribution in [2.45, 2.75) is 13.5 Å². The van der Waals surface area contributed by atoms with Gasteiger partial charge in [-0.05, 0) is 47.6 Å². The van der Waals surface area contributed by atoms with Crippen molar-refractivity contribution < 1.29 is 9.47 Å². The summed E-state index contributed by atoms with van der Waals surface area (Å²) in [7, 11) is 3.56. The van der Waals surface area contributed by atoms with Crippen molar-refractivity contribution in [1.82, 2.24) is 5.32 Å². The van der Waals surface area contributed by atoms with Gasteiger partial charge in [-0.3, -0.25) is 0 Å². The van der Waals surface area contributed by atoms with Crippen molar-refractivity contribution in [1.29, 1.82) is 0 Å². The molecule has 0 saturated heterocycles. The molecule has 0 aliphatic heterocycles. The third kappa shape index (κ3) is 4.06. The minimum absolute atomic E-state index is 0.539. The maximum Gasteiger partial charge on any atom is 0.175 e. The van der Waals surface area contributed by atoms with Crippen LogP contribution in [0.15, 0.2) is 28.8 Å². The zero-order valence-electron chi connectivity index (χ0n) is 10.4. The van der Waals surface area contributed by atoms with Crippen molar-refractivity contribution in [2.75, 3.05) is 20.8 Å². The molecule has 1 aromatic carbocycles. The summed E-state index contributed by atoms with van der Waals surface area (Å²) in [5, 5.41) is 3.11. The molecule has 1 N–H and O–H groups in total. The molecule has 0 bridgehead atoms. The van der Waals surface area contributed by atoms with Crippen LogP contribution in [-0.4, -0.2) is 20.8 Å². The van der Waals surface area contributed by atoms with E-state index in [1.54, 1.807) is 7.11 Å². The van der Waals surface area contributed by atoms with Gasteiger partial charge in [-0.15, -0.1) is 0 Å². The summed E-state index contributed by atoms with van der Waals surface area (Å²) in [6, 6.07) is 4.01. The van der Waals surface area contributed by atoms with Gasteiger partial charge in [-0.1, -0.05) is 12.2 Å². The van der Waals surface area contributed by atoms with Gasteiger partial charge >= 0.3 is 0 Å². The van der Waals surface area contributed by atoms with E-state index in [4.69, 9.17) is 9.47 Å². The fraction of sp³-hybridized carbons (Fsp3) is 0.385. The Kier molecular flexibility index (Phi) is 6.08. The van der Waals surface area contributed by atoms with Gasteiger partial charge in [-0.2, -0.15) is 0 Å². The number of ether oxygens (including phenoxy) is 2. The van der Waals surface area contributed by atoms with Gasteiger partial charge in [0.1, 0.15) is 6.61 Å². The Morgan fingerprint density at radius 2 is 2.18 bits per heavy atom. The normalized spacial score (nSPS) is 10.8. The molecule has 0 radical (unpaired) electrons. The van der Waals surface area contributed by atoms with E-state index in [1.165, 1.54) is 0 Å². The molecule has 3 nitrogen and oxygen atoms in total. The highest BCUT2D eigenvalue weighted by Gasteiger charge is 2.10. The second-order valence-corrected chi connectivity index (χ2v) is 4.37. The first-order valence-electron chi connectivity index (χ1n) is 5.47. The average Bonchev–Trinajstić information content (AvgIpc) is 2.32. The summed E-state index contributed by atoms with van der Waals surface area (Å²) in [4.78, 5) is 0. The fourth-order valence-electron chi connectivity index (χ4n) is 1.45. The van der Waals surface area contributed by atoms with Crippen molar-refractivity contribution in [2.24, 2.45) is 0 Å². The first kappa shape index (κ1) is 14.1. The van der Waals surface area contributed by atoms with Crippen molar-refractivity contribution in [3.63, 3.8) is 0 Å². The van der Waals surface area contributed by atoms with Crippen LogP contribution in [0.3, 0.4) is 0 Å². The molecule has 0 fully saturated rings. The molecule has 94 valence electrons. The third-order valence-electron chi connectivity index (χ3n) is 2.23. The van der Waals surface area contributed by atoms with Crippen LogP contribution in [0, 0.1) is 0 Å². The number of hydrogen-bond acceptors (Lipinski definition) is 3. The van der Waals surface area contributed by atoms with E-state index >= 15 is 0 Å². The lowest BCUT2D eigenvalue weighted by atomic mass is 10.2. The molecule has 4 heteroatoms. The average molecular weight is 300 g/mol. The summed E-state index contributed by atoms with van der Waals surface area (Å²) >= 11 is 3.50. The maximum absolute atomic E-state index is 5.65. The van der Waals surface area contributed by atoms with Gasteiger partial charge in [0.25, 0.3) is 0 Å². The first-order valence-corrected chi connectivity index (χ1v) is 6.27.